The van der Waals surface area contributed by atoms with E-state index in [0.717, 1.165) is 0 Å². The molecule has 2 aliphatic heterocycles. The van der Waals surface area contributed by atoms with Gasteiger partial charge in [-0.25, -0.2) is 18.7 Å². The summed E-state index contributed by atoms with van der Waals surface area (Å²) < 4.78 is 58.4. The quantitative estimate of drug-likeness (QED) is 0.181. The second-order valence-corrected chi connectivity index (χ2v) is 11.4. The number of hydrogen-bond acceptors (Lipinski definition) is 13. The number of rotatable bonds is 8. The van der Waals surface area contributed by atoms with Crippen LogP contribution in [0.15, 0.2) is 11.1 Å². The Morgan fingerprint density at radius 2 is 1.94 bits per heavy atom. The van der Waals surface area contributed by atoms with Gasteiger partial charge in [-0.2, -0.15) is 13.6 Å². The fraction of sp³-hybridized carbons (Fsp3) is 0.545. The average Bonchev–Trinajstić information content (AvgIpc) is 3.27. The Hall–Kier alpha value is -1.56. The molecule has 2 bridgehead atoms. The Kier molecular flexibility index (Phi) is 5.95. The number of anilines is 1. The molecule has 0 aliphatic carbocycles. The van der Waals surface area contributed by atoms with Gasteiger partial charge >= 0.3 is 23.5 Å². The van der Waals surface area contributed by atoms with Gasteiger partial charge in [-0.15, -0.1) is 0 Å². The number of nitrogen functional groups attached to an aromatic ring is 1. The van der Waals surface area contributed by atoms with Crippen molar-refractivity contribution in [1.29, 1.82) is 0 Å². The summed E-state index contributed by atoms with van der Waals surface area (Å²) in [5, 5.41) is 10.6. The van der Waals surface area contributed by atoms with Gasteiger partial charge in [-0.1, -0.05) is 0 Å². The molecule has 2 aromatic rings. The lowest BCUT2D eigenvalue weighted by Crippen LogP contribution is -2.44. The number of phosphoric ester groups is 1. The van der Waals surface area contributed by atoms with Crippen LogP contribution in [-0.2, 0) is 36.3 Å². The number of nitrogens with two attached hydrogens (primary N) is 1. The minimum absolute atomic E-state index is 0.00682. The van der Waals surface area contributed by atoms with Crippen molar-refractivity contribution in [2.24, 2.45) is 0 Å². The molecule has 8 N–H and O–H groups in total. The number of aliphatic hydroxyl groups excluding tert-OH is 1. The first-order valence-corrected chi connectivity index (χ1v) is 13.1. The van der Waals surface area contributed by atoms with Crippen molar-refractivity contribution >= 4 is 40.6 Å². The molecule has 2 aromatic heterocycles. The molecule has 6 atom stereocenters. The Labute approximate surface area is 181 Å². The fourth-order valence-electron chi connectivity index (χ4n) is 3.36. The maximum absolute atomic E-state index is 12.0. The van der Waals surface area contributed by atoms with E-state index in [1.165, 1.54) is 10.9 Å². The first-order valence-electron chi connectivity index (χ1n) is 8.60. The number of nitrogens with one attached hydrogen (secondary N) is 1. The van der Waals surface area contributed by atoms with Crippen molar-refractivity contribution in [3.05, 3.63) is 16.7 Å². The molecule has 4 heterocycles. The summed E-state index contributed by atoms with van der Waals surface area (Å²) in [6, 6.07) is 0. The van der Waals surface area contributed by atoms with Crippen LogP contribution in [0.4, 0.5) is 5.95 Å². The second-order valence-electron chi connectivity index (χ2n) is 6.93. The monoisotopic (exact) mass is 535 g/mol. The fourth-order valence-corrected chi connectivity index (χ4v) is 6.44. The van der Waals surface area contributed by atoms with Gasteiger partial charge in [-0.05, 0) is 0 Å². The van der Waals surface area contributed by atoms with Crippen molar-refractivity contribution in [1.82, 2.24) is 19.5 Å². The molecule has 22 heteroatoms. The van der Waals surface area contributed by atoms with Gasteiger partial charge in [-0.3, -0.25) is 18.9 Å². The summed E-state index contributed by atoms with van der Waals surface area (Å²) in [5.41, 5.74) is 3.02. The standard InChI is InChI=1S/C11H16N5O14P3/c12-10-14-7-4(8(18)15-10)13-3-16(7)9-5-6(17)11(28-9,1-26-5)2-27-32(22,23)30-33(24,25)29-31(19,20)21/h3,5-6,9,17H,1-2H2,(H,22,23)(H,24,25)(H2,19,20,21)(H3,12,14,15,18)/t5-,6+,9+,11+/m0/s1. The molecular formula is C11H16N5O14P3. The van der Waals surface area contributed by atoms with Gasteiger partial charge in [0.05, 0.1) is 19.5 Å². The Morgan fingerprint density at radius 1 is 1.24 bits per heavy atom. The first kappa shape index (κ1) is 24.6. The summed E-state index contributed by atoms with van der Waals surface area (Å²) in [7, 11) is -16.7. The van der Waals surface area contributed by atoms with E-state index in [1.54, 1.807) is 0 Å². The maximum atomic E-state index is 12.0. The zero-order chi connectivity index (χ0) is 24.4. The van der Waals surface area contributed by atoms with Gasteiger partial charge in [0.2, 0.25) is 5.95 Å². The van der Waals surface area contributed by atoms with Gasteiger partial charge in [0, 0.05) is 0 Å². The summed E-state index contributed by atoms with van der Waals surface area (Å²) in [5.74, 6) is -0.221. The van der Waals surface area contributed by atoms with Crippen LogP contribution >= 0.6 is 23.5 Å². The van der Waals surface area contributed by atoms with E-state index in [0.29, 0.717) is 0 Å². The predicted octanol–water partition coefficient (Wildman–Crippen LogP) is -1.93. The minimum Gasteiger partial charge on any atom is -0.387 e. The van der Waals surface area contributed by atoms with Crippen LogP contribution in [0.3, 0.4) is 0 Å². The molecule has 19 nitrogen and oxygen atoms in total. The van der Waals surface area contributed by atoms with E-state index in [1.807, 2.05) is 0 Å². The molecule has 0 radical (unpaired) electrons. The van der Waals surface area contributed by atoms with Gasteiger partial charge in [0.25, 0.3) is 5.56 Å². The highest BCUT2D eigenvalue weighted by Gasteiger charge is 2.63. The summed E-state index contributed by atoms with van der Waals surface area (Å²) in [4.78, 5) is 58.1. The van der Waals surface area contributed by atoms with Gasteiger partial charge in [0.1, 0.15) is 17.8 Å². The molecule has 0 spiro atoms. The number of ether oxygens (including phenoxy) is 2. The van der Waals surface area contributed by atoms with Crippen molar-refractivity contribution in [3.8, 4) is 0 Å². The summed E-state index contributed by atoms with van der Waals surface area (Å²) in [6.07, 6.45) is -2.51. The number of hydrogen-bond donors (Lipinski definition) is 7. The number of imidazole rings is 1. The predicted molar refractivity (Wildman–Crippen MR) is 101 cm³/mol. The lowest BCUT2D eigenvalue weighted by molar-refractivity contribution is -0.183. The van der Waals surface area contributed by atoms with E-state index < -0.39 is 59.7 Å². The topological polar surface area (TPSA) is 288 Å². The third-order valence-corrected chi connectivity index (χ3v) is 8.40. The molecule has 2 saturated heterocycles. The first-order chi connectivity index (χ1) is 15.1. The third kappa shape index (κ3) is 4.82. The molecule has 2 fully saturated rings. The van der Waals surface area contributed by atoms with Crippen LogP contribution in [-0.4, -0.2) is 75.2 Å². The zero-order valence-electron chi connectivity index (χ0n) is 15.9. The maximum Gasteiger partial charge on any atom is 0.490 e. The SMILES string of the molecule is Nc1nc2c(ncn2[C@@H]2O[C@@]3(COP(=O)(O)OP(=O)(O)OP(=O)(O)O)CO[C@H]2[C@H]3O)c(=O)[nH]1. The number of aromatic nitrogens is 4. The largest absolute Gasteiger partial charge is 0.490 e. The highest BCUT2D eigenvalue weighted by atomic mass is 31.3. The Morgan fingerprint density at radius 3 is 2.61 bits per heavy atom. The van der Waals surface area contributed by atoms with Crippen molar-refractivity contribution < 1.29 is 61.0 Å². The van der Waals surface area contributed by atoms with Gasteiger partial charge in [0.15, 0.2) is 17.4 Å². The van der Waals surface area contributed by atoms with E-state index in [9.17, 15) is 33.4 Å². The van der Waals surface area contributed by atoms with E-state index in [-0.39, 0.29) is 23.7 Å². The third-order valence-electron chi connectivity index (χ3n) is 4.62. The van der Waals surface area contributed by atoms with Crippen molar-refractivity contribution in [2.45, 2.75) is 24.0 Å². The van der Waals surface area contributed by atoms with Crippen LogP contribution in [0.1, 0.15) is 6.23 Å². The van der Waals surface area contributed by atoms with E-state index >= 15 is 0 Å². The molecule has 2 aliphatic rings. The minimum atomic E-state index is -5.72. The highest BCUT2D eigenvalue weighted by molar-refractivity contribution is 7.66. The van der Waals surface area contributed by atoms with Crippen LogP contribution < -0.4 is 11.3 Å². The number of phosphoric acid groups is 3. The number of H-pyrrole nitrogens is 1. The van der Waals surface area contributed by atoms with Crippen LogP contribution in [0, 0.1) is 0 Å². The molecule has 2 unspecified atom stereocenters. The molecule has 0 aromatic carbocycles. The Bertz CT molecular complexity index is 1290. The van der Waals surface area contributed by atoms with Crippen LogP contribution in [0.5, 0.6) is 0 Å². The van der Waals surface area contributed by atoms with Crippen LogP contribution in [0.25, 0.3) is 11.2 Å². The summed E-state index contributed by atoms with van der Waals surface area (Å²) in [6.45, 7) is -1.29. The average molecular weight is 535 g/mol. The molecule has 0 amide bonds. The van der Waals surface area contributed by atoms with Crippen molar-refractivity contribution in [3.63, 3.8) is 0 Å². The number of fused-ring (bicyclic) bond motifs is 3. The summed E-state index contributed by atoms with van der Waals surface area (Å²) >= 11 is 0. The second kappa shape index (κ2) is 8.00. The smallest absolute Gasteiger partial charge is 0.387 e. The number of aromatic amines is 1. The van der Waals surface area contributed by atoms with E-state index in [4.69, 9.17) is 25.0 Å². The molecular weight excluding hydrogens is 519 g/mol. The molecule has 0 saturated carbocycles. The molecule has 33 heavy (non-hydrogen) atoms. The lowest BCUT2D eigenvalue weighted by atomic mass is 10.0. The molecule has 4 rings (SSSR count). The number of nitrogens with zero attached hydrogens (tertiary/aromatic N) is 3. The van der Waals surface area contributed by atoms with E-state index in [2.05, 4.69) is 28.1 Å². The highest BCUT2D eigenvalue weighted by Crippen LogP contribution is 2.66. The van der Waals surface area contributed by atoms with Crippen molar-refractivity contribution in [2.75, 3.05) is 18.9 Å². The Balaban J connectivity index is 1.52. The van der Waals surface area contributed by atoms with Gasteiger partial charge < -0.3 is 39.9 Å². The normalized spacial score (nSPS) is 31.0. The number of aliphatic hydroxyl groups is 1. The van der Waals surface area contributed by atoms with Crippen LogP contribution in [0.2, 0.25) is 0 Å². The lowest BCUT2D eigenvalue weighted by Gasteiger charge is -2.31. The molecule has 184 valence electrons. The zero-order valence-corrected chi connectivity index (χ0v) is 18.6.